The molecule has 0 bridgehead atoms. The number of nitrogens with zero attached hydrogens (tertiary/aromatic N) is 3. The van der Waals surface area contributed by atoms with E-state index in [9.17, 15) is 18.0 Å². The zero-order chi connectivity index (χ0) is 17.3. The predicted molar refractivity (Wildman–Crippen MR) is 80.4 cm³/mol. The lowest BCUT2D eigenvalue weighted by Crippen LogP contribution is -2.33. The first-order valence-electron chi connectivity index (χ1n) is 7.28. The van der Waals surface area contributed by atoms with Crippen LogP contribution in [0.3, 0.4) is 0 Å². The molecule has 5 nitrogen and oxygen atoms in total. The molecule has 126 valence electrons. The van der Waals surface area contributed by atoms with Crippen molar-refractivity contribution < 1.29 is 23.1 Å². The fraction of sp³-hybridized carbons (Fsp3) is 0.312. The molecule has 2 heterocycles. The number of hydrogen-bond acceptors (Lipinski definition) is 4. The number of alkyl halides is 3. The van der Waals surface area contributed by atoms with Crippen LogP contribution in [0.1, 0.15) is 0 Å². The van der Waals surface area contributed by atoms with Gasteiger partial charge >= 0.3 is 12.1 Å². The maximum atomic E-state index is 13.1. The largest absolute Gasteiger partial charge is 0.481 e. The van der Waals surface area contributed by atoms with Crippen molar-refractivity contribution in [2.75, 3.05) is 18.0 Å². The summed E-state index contributed by atoms with van der Waals surface area (Å²) in [5.74, 6) is -4.63. The minimum Gasteiger partial charge on any atom is -0.481 e. The lowest BCUT2D eigenvalue weighted by molar-refractivity contribution is -0.187. The highest BCUT2D eigenvalue weighted by molar-refractivity contribution is 5.72. The molecule has 1 aliphatic heterocycles. The van der Waals surface area contributed by atoms with Gasteiger partial charge in [-0.3, -0.25) is 9.78 Å². The Kier molecular flexibility index (Phi) is 4.13. The Labute approximate surface area is 135 Å². The summed E-state index contributed by atoms with van der Waals surface area (Å²) in [5.41, 5.74) is 1.31. The Morgan fingerprint density at radius 1 is 1.17 bits per heavy atom. The molecule has 2 aromatic rings. The number of rotatable bonds is 3. The molecule has 0 saturated carbocycles. The van der Waals surface area contributed by atoms with E-state index in [0.717, 1.165) is 5.56 Å². The summed E-state index contributed by atoms with van der Waals surface area (Å²) in [5, 5.41) is 9.08. The molecule has 1 aromatic carbocycles. The fourth-order valence-electron chi connectivity index (χ4n) is 2.83. The van der Waals surface area contributed by atoms with Gasteiger partial charge in [-0.1, -0.05) is 30.3 Å². The third-order valence-corrected chi connectivity index (χ3v) is 4.07. The summed E-state index contributed by atoms with van der Waals surface area (Å²) in [7, 11) is 0. The molecule has 1 aliphatic rings. The summed E-state index contributed by atoms with van der Waals surface area (Å²) in [6.45, 7) is -0.681. The Hall–Kier alpha value is -2.64. The van der Waals surface area contributed by atoms with Crippen molar-refractivity contribution in [2.24, 2.45) is 11.8 Å². The Morgan fingerprint density at radius 3 is 2.46 bits per heavy atom. The Morgan fingerprint density at radius 2 is 1.88 bits per heavy atom. The van der Waals surface area contributed by atoms with Gasteiger partial charge in [0.05, 0.1) is 29.9 Å². The van der Waals surface area contributed by atoms with E-state index in [2.05, 4.69) is 9.97 Å². The quantitative estimate of drug-likeness (QED) is 0.933. The SMILES string of the molecule is O=C(O)[C@@H]1CN(c2cncc(-c3ccccc3)n2)C[C@H]1C(F)(F)F. The third-order valence-electron chi connectivity index (χ3n) is 4.07. The van der Waals surface area contributed by atoms with Crippen molar-refractivity contribution in [2.45, 2.75) is 6.18 Å². The number of benzene rings is 1. The van der Waals surface area contributed by atoms with Gasteiger partial charge in [-0.2, -0.15) is 13.2 Å². The van der Waals surface area contributed by atoms with Crippen LogP contribution in [0.4, 0.5) is 19.0 Å². The van der Waals surface area contributed by atoms with E-state index in [4.69, 9.17) is 5.11 Å². The summed E-state index contributed by atoms with van der Waals surface area (Å²) in [6.07, 6.45) is -1.70. The average Bonchev–Trinajstić information content (AvgIpc) is 3.02. The number of anilines is 1. The first-order chi connectivity index (χ1) is 11.4. The first-order valence-corrected chi connectivity index (χ1v) is 7.28. The number of aliphatic carboxylic acids is 1. The van der Waals surface area contributed by atoms with Gasteiger partial charge in [0.25, 0.3) is 0 Å². The van der Waals surface area contributed by atoms with Gasteiger partial charge in [-0.05, 0) is 0 Å². The van der Waals surface area contributed by atoms with Crippen LogP contribution >= 0.6 is 0 Å². The van der Waals surface area contributed by atoms with Crippen LogP contribution in [0.25, 0.3) is 11.3 Å². The van der Waals surface area contributed by atoms with E-state index >= 15 is 0 Å². The van der Waals surface area contributed by atoms with Crippen molar-refractivity contribution in [3.05, 3.63) is 42.7 Å². The number of carbonyl (C=O) groups is 1. The molecular formula is C16H14F3N3O2. The fourth-order valence-corrected chi connectivity index (χ4v) is 2.83. The van der Waals surface area contributed by atoms with E-state index in [1.807, 2.05) is 30.3 Å². The monoisotopic (exact) mass is 337 g/mol. The van der Waals surface area contributed by atoms with Crippen molar-refractivity contribution in [3.63, 3.8) is 0 Å². The van der Waals surface area contributed by atoms with E-state index in [0.29, 0.717) is 5.69 Å². The van der Waals surface area contributed by atoms with Crippen LogP contribution in [0.2, 0.25) is 0 Å². The molecule has 0 spiro atoms. The molecular weight excluding hydrogens is 323 g/mol. The second-order valence-electron chi connectivity index (χ2n) is 5.63. The minimum atomic E-state index is -4.57. The number of aromatic nitrogens is 2. The molecule has 8 heteroatoms. The Bertz CT molecular complexity index is 737. The standard InChI is InChI=1S/C16H14F3N3O2/c17-16(18,19)12-9-22(8-11(12)15(23)24)14-7-20-6-13(21-14)10-4-2-1-3-5-10/h1-7,11-12H,8-9H2,(H,23,24)/t11-,12-/m1/s1. The van der Waals surface area contributed by atoms with Crippen LogP contribution in [-0.4, -0.2) is 40.3 Å². The van der Waals surface area contributed by atoms with Crippen LogP contribution in [0.15, 0.2) is 42.7 Å². The molecule has 1 N–H and O–H groups in total. The minimum absolute atomic E-state index is 0.244. The van der Waals surface area contributed by atoms with Crippen molar-refractivity contribution >= 4 is 11.8 Å². The van der Waals surface area contributed by atoms with Gasteiger partial charge < -0.3 is 10.0 Å². The first kappa shape index (κ1) is 16.2. The molecule has 0 radical (unpaired) electrons. The highest BCUT2D eigenvalue weighted by Crippen LogP contribution is 2.39. The van der Waals surface area contributed by atoms with Crippen LogP contribution in [0, 0.1) is 11.8 Å². The highest BCUT2D eigenvalue weighted by Gasteiger charge is 2.52. The van der Waals surface area contributed by atoms with Crippen LogP contribution < -0.4 is 4.90 Å². The zero-order valence-electron chi connectivity index (χ0n) is 12.4. The van der Waals surface area contributed by atoms with E-state index < -0.39 is 30.5 Å². The average molecular weight is 337 g/mol. The molecule has 2 atom stereocenters. The van der Waals surface area contributed by atoms with E-state index in [1.54, 1.807) is 0 Å². The highest BCUT2D eigenvalue weighted by atomic mass is 19.4. The van der Waals surface area contributed by atoms with Crippen molar-refractivity contribution in [1.29, 1.82) is 0 Å². The van der Waals surface area contributed by atoms with Gasteiger partial charge in [-0.15, -0.1) is 0 Å². The zero-order valence-corrected chi connectivity index (χ0v) is 12.4. The second kappa shape index (κ2) is 6.10. The van der Waals surface area contributed by atoms with Gasteiger partial charge in [0.2, 0.25) is 0 Å². The topological polar surface area (TPSA) is 66.3 Å². The molecule has 3 rings (SSSR count). The molecule has 0 unspecified atom stereocenters. The molecule has 0 aliphatic carbocycles. The number of carboxylic acids is 1. The number of halogens is 3. The third kappa shape index (κ3) is 3.17. The van der Waals surface area contributed by atoms with Gasteiger partial charge in [0.15, 0.2) is 0 Å². The van der Waals surface area contributed by atoms with Gasteiger partial charge in [0.1, 0.15) is 5.82 Å². The maximum absolute atomic E-state index is 13.1. The summed E-state index contributed by atoms with van der Waals surface area (Å²) >= 11 is 0. The van der Waals surface area contributed by atoms with E-state index in [1.165, 1.54) is 17.3 Å². The normalized spacial score (nSPS) is 21.0. The van der Waals surface area contributed by atoms with Gasteiger partial charge in [0, 0.05) is 18.7 Å². The number of carboxylic acid groups (broad SMARTS) is 1. The Balaban J connectivity index is 1.89. The molecule has 1 saturated heterocycles. The lowest BCUT2D eigenvalue weighted by atomic mass is 9.96. The summed E-state index contributed by atoms with van der Waals surface area (Å²) in [4.78, 5) is 20.9. The lowest BCUT2D eigenvalue weighted by Gasteiger charge is -2.19. The second-order valence-corrected chi connectivity index (χ2v) is 5.63. The summed E-state index contributed by atoms with van der Waals surface area (Å²) < 4.78 is 39.2. The van der Waals surface area contributed by atoms with Crippen molar-refractivity contribution in [3.8, 4) is 11.3 Å². The number of hydrogen-bond donors (Lipinski definition) is 1. The molecule has 24 heavy (non-hydrogen) atoms. The molecule has 1 aromatic heterocycles. The smallest absolute Gasteiger partial charge is 0.394 e. The van der Waals surface area contributed by atoms with E-state index in [-0.39, 0.29) is 12.4 Å². The van der Waals surface area contributed by atoms with Crippen LogP contribution in [-0.2, 0) is 4.79 Å². The van der Waals surface area contributed by atoms with Crippen LogP contribution in [0.5, 0.6) is 0 Å². The molecule has 0 amide bonds. The molecule has 1 fully saturated rings. The van der Waals surface area contributed by atoms with Gasteiger partial charge in [-0.25, -0.2) is 4.98 Å². The summed E-state index contributed by atoms with van der Waals surface area (Å²) in [6, 6.07) is 9.11. The van der Waals surface area contributed by atoms with Crippen molar-refractivity contribution in [1.82, 2.24) is 9.97 Å². The predicted octanol–water partition coefficient (Wildman–Crippen LogP) is 2.84. The maximum Gasteiger partial charge on any atom is 0.394 e.